The van der Waals surface area contributed by atoms with Crippen LogP contribution in [0.25, 0.3) is 0 Å². The van der Waals surface area contributed by atoms with Crippen LogP contribution >= 0.6 is 0 Å². The molecule has 25 heavy (non-hydrogen) atoms. The molecule has 4 heteroatoms. The summed E-state index contributed by atoms with van der Waals surface area (Å²) in [6.45, 7) is 8.11. The first kappa shape index (κ1) is 17.3. The monoisotopic (exact) mass is 344 g/mol. The number of fused-ring (bicyclic) bond motifs is 1. The molecule has 0 aromatic heterocycles. The second-order valence-electron chi connectivity index (χ2n) is 7.67. The zero-order chi connectivity index (χ0) is 16.9. The van der Waals surface area contributed by atoms with Gasteiger partial charge in [0.1, 0.15) is 12.4 Å². The van der Waals surface area contributed by atoms with Crippen LogP contribution in [0, 0.1) is 0 Å². The maximum absolute atomic E-state index is 6.08. The van der Waals surface area contributed by atoms with Crippen molar-refractivity contribution in [1.82, 2.24) is 9.80 Å². The lowest BCUT2D eigenvalue weighted by Gasteiger charge is -2.28. The fourth-order valence-electron chi connectivity index (χ4n) is 4.57. The van der Waals surface area contributed by atoms with Crippen molar-refractivity contribution in [2.24, 2.45) is 0 Å². The summed E-state index contributed by atoms with van der Waals surface area (Å²) in [5.74, 6) is 1.05. The van der Waals surface area contributed by atoms with Gasteiger partial charge in [0.25, 0.3) is 0 Å². The van der Waals surface area contributed by atoms with Gasteiger partial charge in [0, 0.05) is 25.7 Å². The van der Waals surface area contributed by atoms with E-state index in [1.54, 1.807) is 5.56 Å². The van der Waals surface area contributed by atoms with E-state index in [0.29, 0.717) is 6.04 Å². The van der Waals surface area contributed by atoms with Gasteiger partial charge in [-0.3, -0.25) is 9.80 Å². The predicted molar refractivity (Wildman–Crippen MR) is 100 cm³/mol. The number of nitrogens with zero attached hydrogens (tertiary/aromatic N) is 2. The van der Waals surface area contributed by atoms with E-state index in [0.717, 1.165) is 45.2 Å². The summed E-state index contributed by atoms with van der Waals surface area (Å²) in [4.78, 5) is 5.14. The molecule has 1 aromatic rings. The number of benzene rings is 1. The van der Waals surface area contributed by atoms with E-state index in [1.807, 2.05) is 0 Å². The van der Waals surface area contributed by atoms with Crippen LogP contribution < -0.4 is 4.74 Å². The van der Waals surface area contributed by atoms with Crippen molar-refractivity contribution in [3.05, 3.63) is 29.3 Å². The molecule has 1 aromatic carbocycles. The molecule has 0 spiro atoms. The molecular formula is C21H32N2O2. The van der Waals surface area contributed by atoms with Crippen molar-refractivity contribution in [2.45, 2.75) is 44.6 Å². The highest BCUT2D eigenvalue weighted by molar-refractivity contribution is 5.38. The summed E-state index contributed by atoms with van der Waals surface area (Å²) < 4.78 is 11.5. The van der Waals surface area contributed by atoms with E-state index in [-0.39, 0.29) is 0 Å². The molecule has 0 radical (unpaired) electrons. The average molecular weight is 344 g/mol. The highest BCUT2D eigenvalue weighted by atomic mass is 16.5. The summed E-state index contributed by atoms with van der Waals surface area (Å²) in [7, 11) is 0. The number of likely N-dealkylation sites (tertiary alicyclic amines) is 1. The Morgan fingerprint density at radius 1 is 1.00 bits per heavy atom. The van der Waals surface area contributed by atoms with Crippen molar-refractivity contribution in [2.75, 3.05) is 52.5 Å². The van der Waals surface area contributed by atoms with Gasteiger partial charge in [-0.25, -0.2) is 0 Å². The Morgan fingerprint density at radius 2 is 1.84 bits per heavy atom. The predicted octanol–water partition coefficient (Wildman–Crippen LogP) is 3.26. The van der Waals surface area contributed by atoms with Crippen molar-refractivity contribution >= 4 is 0 Å². The van der Waals surface area contributed by atoms with Crippen LogP contribution in [0.2, 0.25) is 0 Å². The minimum atomic E-state index is 0.641. The van der Waals surface area contributed by atoms with E-state index in [4.69, 9.17) is 9.47 Å². The van der Waals surface area contributed by atoms with Gasteiger partial charge in [0.15, 0.2) is 0 Å². The number of hydrogen-bond acceptors (Lipinski definition) is 4. The van der Waals surface area contributed by atoms with E-state index in [1.165, 1.54) is 57.2 Å². The summed E-state index contributed by atoms with van der Waals surface area (Å²) >= 11 is 0. The van der Waals surface area contributed by atoms with Gasteiger partial charge in [-0.15, -0.1) is 0 Å². The lowest BCUT2D eigenvalue weighted by Crippen LogP contribution is -2.38. The largest absolute Gasteiger partial charge is 0.492 e. The lowest BCUT2D eigenvalue weighted by molar-refractivity contribution is 0.0322. The van der Waals surface area contributed by atoms with Gasteiger partial charge in [-0.1, -0.05) is 12.5 Å². The van der Waals surface area contributed by atoms with E-state index in [9.17, 15) is 0 Å². The first-order valence-corrected chi connectivity index (χ1v) is 10.2. The van der Waals surface area contributed by atoms with Crippen molar-refractivity contribution in [3.8, 4) is 5.75 Å². The minimum absolute atomic E-state index is 0.641. The number of hydrogen-bond donors (Lipinski definition) is 0. The maximum Gasteiger partial charge on any atom is 0.119 e. The summed E-state index contributed by atoms with van der Waals surface area (Å²) in [6, 6.07) is 7.52. The Labute approximate surface area is 152 Å². The first-order valence-electron chi connectivity index (χ1n) is 10.2. The Bertz CT molecular complexity index is 551. The number of aryl methyl sites for hydroxylation is 1. The summed E-state index contributed by atoms with van der Waals surface area (Å²) in [5.41, 5.74) is 3.10. The van der Waals surface area contributed by atoms with Crippen molar-refractivity contribution in [3.63, 3.8) is 0 Å². The van der Waals surface area contributed by atoms with Crippen LogP contribution in [0.15, 0.2) is 18.2 Å². The maximum atomic E-state index is 6.08. The molecule has 4 rings (SSSR count). The van der Waals surface area contributed by atoms with Gasteiger partial charge in [0.2, 0.25) is 0 Å². The van der Waals surface area contributed by atoms with Gasteiger partial charge in [-0.05, 0) is 68.5 Å². The summed E-state index contributed by atoms with van der Waals surface area (Å²) in [5, 5.41) is 0. The molecule has 2 heterocycles. The standard InChI is InChI=1S/C21H32N2O2/c1-2-6-21(23-9-3-4-10-23)20-8-7-19(17-18(20)5-1)25-16-13-22-11-14-24-15-12-22/h7-8,17,21H,1-6,9-16H2. The third-order valence-corrected chi connectivity index (χ3v) is 6.01. The quantitative estimate of drug-likeness (QED) is 0.766. The molecule has 1 aliphatic carbocycles. The Hall–Kier alpha value is -1.10. The Morgan fingerprint density at radius 3 is 2.68 bits per heavy atom. The van der Waals surface area contributed by atoms with E-state index >= 15 is 0 Å². The van der Waals surface area contributed by atoms with Gasteiger partial charge >= 0.3 is 0 Å². The van der Waals surface area contributed by atoms with Crippen LogP contribution in [0.5, 0.6) is 5.75 Å². The second kappa shape index (κ2) is 8.52. The number of ether oxygens (including phenoxy) is 2. The molecule has 0 saturated carbocycles. The van der Waals surface area contributed by atoms with Crippen LogP contribution in [-0.4, -0.2) is 62.3 Å². The zero-order valence-electron chi connectivity index (χ0n) is 15.4. The number of rotatable bonds is 5. The highest BCUT2D eigenvalue weighted by Crippen LogP contribution is 2.36. The summed E-state index contributed by atoms with van der Waals surface area (Å²) in [6.07, 6.45) is 7.94. The molecular weight excluding hydrogens is 312 g/mol. The molecule has 2 fully saturated rings. The van der Waals surface area contributed by atoms with Crippen LogP contribution in [0.3, 0.4) is 0 Å². The third-order valence-electron chi connectivity index (χ3n) is 6.01. The normalized spacial score (nSPS) is 25.5. The fourth-order valence-corrected chi connectivity index (χ4v) is 4.57. The minimum Gasteiger partial charge on any atom is -0.492 e. The van der Waals surface area contributed by atoms with E-state index in [2.05, 4.69) is 28.0 Å². The molecule has 2 saturated heterocycles. The molecule has 0 N–H and O–H groups in total. The molecule has 1 atom stereocenters. The van der Waals surface area contributed by atoms with Gasteiger partial charge < -0.3 is 9.47 Å². The Balaban J connectivity index is 1.38. The van der Waals surface area contributed by atoms with Crippen molar-refractivity contribution < 1.29 is 9.47 Å². The lowest BCUT2D eigenvalue weighted by atomic mass is 9.97. The van der Waals surface area contributed by atoms with Crippen LogP contribution in [0.4, 0.5) is 0 Å². The fraction of sp³-hybridized carbons (Fsp3) is 0.714. The highest BCUT2D eigenvalue weighted by Gasteiger charge is 2.26. The molecule has 0 amide bonds. The average Bonchev–Trinajstić information content (AvgIpc) is 3.10. The molecule has 138 valence electrons. The van der Waals surface area contributed by atoms with Crippen molar-refractivity contribution in [1.29, 1.82) is 0 Å². The third kappa shape index (κ3) is 4.36. The second-order valence-corrected chi connectivity index (χ2v) is 7.67. The number of morpholine rings is 1. The van der Waals surface area contributed by atoms with Crippen LogP contribution in [-0.2, 0) is 11.2 Å². The van der Waals surface area contributed by atoms with Gasteiger partial charge in [-0.2, -0.15) is 0 Å². The van der Waals surface area contributed by atoms with E-state index < -0.39 is 0 Å². The molecule has 3 aliphatic rings. The smallest absolute Gasteiger partial charge is 0.119 e. The Kier molecular flexibility index (Phi) is 5.90. The topological polar surface area (TPSA) is 24.9 Å². The van der Waals surface area contributed by atoms with Gasteiger partial charge in [0.05, 0.1) is 13.2 Å². The zero-order valence-corrected chi connectivity index (χ0v) is 15.4. The molecule has 0 bridgehead atoms. The molecule has 1 unspecified atom stereocenters. The SMILES string of the molecule is c1cc2c(cc1OCCN1CCOCC1)CCCCC2N1CCCC1. The van der Waals surface area contributed by atoms with Crippen LogP contribution in [0.1, 0.15) is 49.3 Å². The molecule has 2 aliphatic heterocycles. The first-order chi connectivity index (χ1) is 12.4. The molecule has 4 nitrogen and oxygen atoms in total.